The fourth-order valence-electron chi connectivity index (χ4n) is 1.91. The standard InChI is InChI=1S/C14H14BrNO3/c1-3-12(14(17)18)19-11-4-8(2)13-9(6-11)5-10(15)7-16-13/h4-7,12H,3H2,1-2H3,(H,17,18). The third-order valence-corrected chi connectivity index (χ3v) is 3.27. The van der Waals surface area contributed by atoms with Gasteiger partial charge in [0.05, 0.1) is 5.52 Å². The number of halogens is 1. The maximum absolute atomic E-state index is 11.0. The first-order valence-electron chi connectivity index (χ1n) is 5.96. The number of aliphatic carboxylic acids is 1. The molecule has 100 valence electrons. The largest absolute Gasteiger partial charge is 0.479 e. The van der Waals surface area contributed by atoms with E-state index < -0.39 is 12.1 Å². The molecule has 0 aliphatic rings. The Kier molecular flexibility index (Phi) is 4.04. The number of hydrogen-bond donors (Lipinski definition) is 1. The summed E-state index contributed by atoms with van der Waals surface area (Å²) in [7, 11) is 0. The zero-order valence-electron chi connectivity index (χ0n) is 10.7. The number of rotatable bonds is 4. The van der Waals surface area contributed by atoms with E-state index >= 15 is 0 Å². The predicted octanol–water partition coefficient (Wildman–Crippen LogP) is 3.55. The van der Waals surface area contributed by atoms with Crippen molar-refractivity contribution in [1.29, 1.82) is 0 Å². The van der Waals surface area contributed by atoms with Crippen molar-refractivity contribution in [2.45, 2.75) is 26.4 Å². The summed E-state index contributed by atoms with van der Waals surface area (Å²) < 4.78 is 6.39. The number of nitrogens with zero attached hydrogens (tertiary/aromatic N) is 1. The van der Waals surface area contributed by atoms with Crippen molar-refractivity contribution in [2.24, 2.45) is 0 Å². The van der Waals surface area contributed by atoms with Crippen molar-refractivity contribution in [2.75, 3.05) is 0 Å². The highest BCUT2D eigenvalue weighted by Gasteiger charge is 2.17. The first-order chi connectivity index (χ1) is 9.01. The van der Waals surface area contributed by atoms with E-state index in [0.717, 1.165) is 20.9 Å². The van der Waals surface area contributed by atoms with Crippen molar-refractivity contribution in [3.63, 3.8) is 0 Å². The van der Waals surface area contributed by atoms with Gasteiger partial charge in [0.15, 0.2) is 6.10 Å². The van der Waals surface area contributed by atoms with Gasteiger partial charge in [-0.25, -0.2) is 4.79 Å². The van der Waals surface area contributed by atoms with Gasteiger partial charge in [-0.2, -0.15) is 0 Å². The molecule has 0 fully saturated rings. The second-order valence-electron chi connectivity index (χ2n) is 4.32. The summed E-state index contributed by atoms with van der Waals surface area (Å²) in [5.41, 5.74) is 1.85. The average molecular weight is 324 g/mol. The molecule has 0 aliphatic carbocycles. The number of aryl methyl sites for hydroxylation is 1. The van der Waals surface area contributed by atoms with Gasteiger partial charge < -0.3 is 9.84 Å². The van der Waals surface area contributed by atoms with E-state index in [2.05, 4.69) is 20.9 Å². The lowest BCUT2D eigenvalue weighted by Crippen LogP contribution is -2.25. The third kappa shape index (κ3) is 3.04. The van der Waals surface area contributed by atoms with Crippen LogP contribution in [0.5, 0.6) is 5.75 Å². The molecule has 1 unspecified atom stereocenters. The molecule has 1 N–H and O–H groups in total. The highest BCUT2D eigenvalue weighted by atomic mass is 79.9. The second-order valence-corrected chi connectivity index (χ2v) is 5.23. The number of carbonyl (C=O) groups is 1. The quantitative estimate of drug-likeness (QED) is 0.934. The van der Waals surface area contributed by atoms with Crippen LogP contribution in [0.4, 0.5) is 0 Å². The smallest absolute Gasteiger partial charge is 0.344 e. The van der Waals surface area contributed by atoms with Gasteiger partial charge in [0.2, 0.25) is 0 Å². The number of carboxylic acids is 1. The Morgan fingerprint density at radius 2 is 2.21 bits per heavy atom. The number of pyridine rings is 1. The van der Waals surface area contributed by atoms with Crippen molar-refractivity contribution >= 4 is 32.8 Å². The molecule has 2 rings (SSSR count). The van der Waals surface area contributed by atoms with Gasteiger partial charge in [-0.05, 0) is 53.0 Å². The molecule has 0 saturated carbocycles. The predicted molar refractivity (Wildman–Crippen MR) is 76.5 cm³/mol. The van der Waals surface area contributed by atoms with Crippen molar-refractivity contribution in [1.82, 2.24) is 4.98 Å². The van der Waals surface area contributed by atoms with Gasteiger partial charge in [-0.1, -0.05) is 6.92 Å². The van der Waals surface area contributed by atoms with Crippen LogP contribution in [0.15, 0.2) is 28.9 Å². The number of fused-ring (bicyclic) bond motifs is 1. The van der Waals surface area contributed by atoms with E-state index in [0.29, 0.717) is 12.2 Å². The third-order valence-electron chi connectivity index (χ3n) is 2.84. The van der Waals surface area contributed by atoms with Crippen LogP contribution in [0.1, 0.15) is 18.9 Å². The molecule has 5 heteroatoms. The highest BCUT2D eigenvalue weighted by Crippen LogP contribution is 2.26. The summed E-state index contributed by atoms with van der Waals surface area (Å²) in [6, 6.07) is 5.56. The molecule has 1 aromatic carbocycles. The zero-order valence-corrected chi connectivity index (χ0v) is 12.3. The maximum atomic E-state index is 11.0. The molecular weight excluding hydrogens is 310 g/mol. The van der Waals surface area contributed by atoms with Gasteiger partial charge in [0.1, 0.15) is 5.75 Å². The topological polar surface area (TPSA) is 59.4 Å². The Labute approximate surface area is 119 Å². The van der Waals surface area contributed by atoms with Crippen LogP contribution in [-0.4, -0.2) is 22.2 Å². The molecule has 1 aromatic heterocycles. The molecule has 4 nitrogen and oxygen atoms in total. The van der Waals surface area contributed by atoms with Gasteiger partial charge >= 0.3 is 5.97 Å². The molecule has 0 aliphatic heterocycles. The fourth-order valence-corrected chi connectivity index (χ4v) is 2.26. The lowest BCUT2D eigenvalue weighted by Gasteiger charge is -2.14. The van der Waals surface area contributed by atoms with Crippen LogP contribution in [0, 0.1) is 6.92 Å². The summed E-state index contributed by atoms with van der Waals surface area (Å²) in [6.07, 6.45) is 1.34. The van der Waals surface area contributed by atoms with Gasteiger partial charge in [-0.15, -0.1) is 0 Å². The summed E-state index contributed by atoms with van der Waals surface area (Å²) in [4.78, 5) is 15.3. The minimum atomic E-state index is -0.951. The summed E-state index contributed by atoms with van der Waals surface area (Å²) in [6.45, 7) is 3.71. The monoisotopic (exact) mass is 323 g/mol. The van der Waals surface area contributed by atoms with Crippen LogP contribution < -0.4 is 4.74 Å². The van der Waals surface area contributed by atoms with E-state index in [4.69, 9.17) is 9.84 Å². The van der Waals surface area contributed by atoms with Gasteiger partial charge in [0, 0.05) is 16.1 Å². The van der Waals surface area contributed by atoms with Gasteiger partial charge in [-0.3, -0.25) is 4.98 Å². The summed E-state index contributed by atoms with van der Waals surface area (Å²) in [5, 5.41) is 9.94. The molecule has 0 saturated heterocycles. The molecule has 1 atom stereocenters. The van der Waals surface area contributed by atoms with Crippen LogP contribution in [0.25, 0.3) is 10.9 Å². The number of carboxylic acid groups (broad SMARTS) is 1. The van der Waals surface area contributed by atoms with Gasteiger partial charge in [0.25, 0.3) is 0 Å². The van der Waals surface area contributed by atoms with Crippen molar-refractivity contribution in [3.05, 3.63) is 34.4 Å². The van der Waals surface area contributed by atoms with Crippen LogP contribution in [-0.2, 0) is 4.79 Å². The molecular formula is C14H14BrNO3. The fraction of sp³-hybridized carbons (Fsp3) is 0.286. The second kappa shape index (κ2) is 5.57. The van der Waals surface area contributed by atoms with E-state index in [9.17, 15) is 4.79 Å². The first kappa shape index (κ1) is 13.8. The number of benzene rings is 1. The molecule has 1 heterocycles. The Balaban J connectivity index is 2.42. The van der Waals surface area contributed by atoms with Crippen molar-refractivity contribution < 1.29 is 14.6 Å². The first-order valence-corrected chi connectivity index (χ1v) is 6.76. The van der Waals surface area contributed by atoms with Crippen molar-refractivity contribution in [3.8, 4) is 5.75 Å². The van der Waals surface area contributed by atoms with Crippen LogP contribution >= 0.6 is 15.9 Å². The number of ether oxygens (including phenoxy) is 1. The Morgan fingerprint density at radius 1 is 1.47 bits per heavy atom. The Morgan fingerprint density at radius 3 is 2.84 bits per heavy atom. The van der Waals surface area contributed by atoms with E-state index in [-0.39, 0.29) is 0 Å². The van der Waals surface area contributed by atoms with Crippen LogP contribution in [0.3, 0.4) is 0 Å². The zero-order chi connectivity index (χ0) is 14.0. The van der Waals surface area contributed by atoms with E-state index in [1.54, 1.807) is 13.1 Å². The lowest BCUT2D eigenvalue weighted by atomic mass is 10.1. The van der Waals surface area contributed by atoms with Crippen LogP contribution in [0.2, 0.25) is 0 Å². The molecule has 0 spiro atoms. The average Bonchev–Trinajstić information content (AvgIpc) is 2.35. The normalized spacial score (nSPS) is 12.4. The summed E-state index contributed by atoms with van der Waals surface area (Å²) in [5.74, 6) is -0.397. The molecule has 2 aromatic rings. The molecule has 19 heavy (non-hydrogen) atoms. The SMILES string of the molecule is CCC(Oc1cc(C)c2ncc(Br)cc2c1)C(=O)O. The number of aromatic nitrogens is 1. The Hall–Kier alpha value is -1.62. The lowest BCUT2D eigenvalue weighted by molar-refractivity contribution is -0.145. The van der Waals surface area contributed by atoms with E-state index in [1.807, 2.05) is 25.1 Å². The molecule has 0 radical (unpaired) electrons. The minimum Gasteiger partial charge on any atom is -0.479 e. The Bertz CT molecular complexity index is 627. The summed E-state index contributed by atoms with van der Waals surface area (Å²) >= 11 is 3.37. The molecule has 0 bridgehead atoms. The highest BCUT2D eigenvalue weighted by molar-refractivity contribution is 9.10. The molecule has 0 amide bonds. The minimum absolute atomic E-state index is 0.420. The maximum Gasteiger partial charge on any atom is 0.344 e. The van der Waals surface area contributed by atoms with E-state index in [1.165, 1.54) is 0 Å². The number of hydrogen-bond acceptors (Lipinski definition) is 3.